The predicted octanol–water partition coefficient (Wildman–Crippen LogP) is 4.09. The van der Waals surface area contributed by atoms with Gasteiger partial charge >= 0.3 is 5.97 Å². The van der Waals surface area contributed by atoms with Crippen LogP contribution >= 0.6 is 11.3 Å². The van der Waals surface area contributed by atoms with Gasteiger partial charge in [-0.1, -0.05) is 48.5 Å². The molecule has 2 heterocycles. The fourth-order valence-corrected chi connectivity index (χ4v) is 3.79. The van der Waals surface area contributed by atoms with Crippen molar-refractivity contribution in [2.45, 2.75) is 13.5 Å². The molecule has 0 saturated carbocycles. The number of hydrogen-bond donors (Lipinski definition) is 0. The highest BCUT2D eigenvalue weighted by Crippen LogP contribution is 2.23. The van der Waals surface area contributed by atoms with Crippen molar-refractivity contribution in [3.63, 3.8) is 0 Å². The van der Waals surface area contributed by atoms with E-state index in [1.807, 2.05) is 54.8 Å². The summed E-state index contributed by atoms with van der Waals surface area (Å²) in [6, 6.07) is 18.3. The monoisotopic (exact) mass is 376 g/mol. The van der Waals surface area contributed by atoms with Crippen molar-refractivity contribution >= 4 is 22.3 Å². The minimum absolute atomic E-state index is 0.0442. The van der Waals surface area contributed by atoms with Crippen LogP contribution in [0.4, 0.5) is 0 Å². The van der Waals surface area contributed by atoms with Gasteiger partial charge in [0.1, 0.15) is 6.61 Å². The summed E-state index contributed by atoms with van der Waals surface area (Å²) >= 11 is 1.38. The standard InChI is InChI=1S/C21H16N2O3S/c1-14-7-5-6-10-17(14)20(25)26-12-16-11-19(24)23-18(13-27-21(23)22-16)15-8-3-2-4-9-15/h2-11,13H,12H2,1H3. The van der Waals surface area contributed by atoms with Gasteiger partial charge in [0.2, 0.25) is 0 Å². The van der Waals surface area contributed by atoms with E-state index in [9.17, 15) is 9.59 Å². The third-order valence-electron chi connectivity index (χ3n) is 4.24. The number of thiazole rings is 1. The second-order valence-corrected chi connectivity index (χ2v) is 6.92. The van der Waals surface area contributed by atoms with Crippen molar-refractivity contribution in [2.75, 3.05) is 0 Å². The first-order valence-electron chi connectivity index (χ1n) is 8.42. The van der Waals surface area contributed by atoms with E-state index in [-0.39, 0.29) is 12.2 Å². The van der Waals surface area contributed by atoms with Crippen LogP contribution in [-0.2, 0) is 11.3 Å². The number of carbonyl (C=O) groups is 1. The summed E-state index contributed by atoms with van der Waals surface area (Å²) in [5, 5.41) is 1.90. The number of hydrogen-bond acceptors (Lipinski definition) is 5. The molecule has 0 N–H and O–H groups in total. The maximum absolute atomic E-state index is 12.6. The molecule has 0 fully saturated rings. The average molecular weight is 376 g/mol. The summed E-state index contributed by atoms with van der Waals surface area (Å²) in [6.45, 7) is 1.81. The lowest BCUT2D eigenvalue weighted by molar-refractivity contribution is 0.0467. The summed E-state index contributed by atoms with van der Waals surface area (Å²) in [4.78, 5) is 29.9. The van der Waals surface area contributed by atoms with Crippen molar-refractivity contribution in [3.8, 4) is 11.3 Å². The Bertz CT molecular complexity index is 1180. The van der Waals surface area contributed by atoms with Crippen molar-refractivity contribution in [2.24, 2.45) is 0 Å². The molecule has 0 unspecified atom stereocenters. The van der Waals surface area contributed by atoms with E-state index in [1.165, 1.54) is 17.4 Å². The van der Waals surface area contributed by atoms with E-state index in [1.54, 1.807) is 16.5 Å². The van der Waals surface area contributed by atoms with Crippen molar-refractivity contribution < 1.29 is 9.53 Å². The third-order valence-corrected chi connectivity index (χ3v) is 5.07. The topological polar surface area (TPSA) is 60.7 Å². The van der Waals surface area contributed by atoms with Gasteiger partial charge in [-0.25, -0.2) is 9.78 Å². The highest BCUT2D eigenvalue weighted by molar-refractivity contribution is 7.15. The summed E-state index contributed by atoms with van der Waals surface area (Å²) in [7, 11) is 0. The molecule has 0 spiro atoms. The van der Waals surface area contributed by atoms with Crippen LogP contribution in [0.3, 0.4) is 0 Å². The number of aromatic nitrogens is 2. The smallest absolute Gasteiger partial charge is 0.338 e. The van der Waals surface area contributed by atoms with Gasteiger partial charge in [-0.3, -0.25) is 9.20 Å². The van der Waals surface area contributed by atoms with Crippen LogP contribution in [0.5, 0.6) is 0 Å². The van der Waals surface area contributed by atoms with Gasteiger partial charge in [0.05, 0.1) is 17.0 Å². The van der Waals surface area contributed by atoms with Gasteiger partial charge in [0.25, 0.3) is 5.56 Å². The summed E-state index contributed by atoms with van der Waals surface area (Å²) in [6.07, 6.45) is 0. The van der Waals surface area contributed by atoms with Crippen LogP contribution < -0.4 is 5.56 Å². The lowest BCUT2D eigenvalue weighted by Crippen LogP contribution is -2.16. The molecular formula is C21H16N2O3S. The first-order chi connectivity index (χ1) is 13.1. The second-order valence-electron chi connectivity index (χ2n) is 6.08. The second kappa shape index (κ2) is 7.17. The highest BCUT2D eigenvalue weighted by Gasteiger charge is 2.13. The number of rotatable bonds is 4. The molecule has 0 amide bonds. The van der Waals surface area contributed by atoms with Crippen molar-refractivity contribution in [3.05, 3.63) is 93.2 Å². The van der Waals surface area contributed by atoms with E-state index < -0.39 is 5.97 Å². The van der Waals surface area contributed by atoms with Crippen LogP contribution in [0, 0.1) is 6.92 Å². The van der Waals surface area contributed by atoms with E-state index in [2.05, 4.69) is 4.98 Å². The first-order valence-corrected chi connectivity index (χ1v) is 9.30. The van der Waals surface area contributed by atoms with Crippen LogP contribution in [0.25, 0.3) is 16.2 Å². The molecule has 27 heavy (non-hydrogen) atoms. The van der Waals surface area contributed by atoms with Crippen LogP contribution in [0.1, 0.15) is 21.6 Å². The Morgan fingerprint density at radius 2 is 1.85 bits per heavy atom. The SMILES string of the molecule is Cc1ccccc1C(=O)OCc1cc(=O)n2c(-c3ccccc3)csc2n1. The first kappa shape index (κ1) is 17.2. The number of nitrogens with zero attached hydrogens (tertiary/aromatic N) is 2. The number of aryl methyl sites for hydroxylation is 1. The molecule has 0 atom stereocenters. The van der Waals surface area contributed by atoms with E-state index in [0.717, 1.165) is 16.8 Å². The van der Waals surface area contributed by atoms with E-state index >= 15 is 0 Å². The van der Waals surface area contributed by atoms with Gasteiger partial charge in [0, 0.05) is 11.4 Å². The molecule has 0 radical (unpaired) electrons. The zero-order chi connectivity index (χ0) is 18.8. The molecule has 134 valence electrons. The number of carbonyl (C=O) groups excluding carboxylic acids is 1. The largest absolute Gasteiger partial charge is 0.456 e. The van der Waals surface area contributed by atoms with Crippen LogP contribution in [-0.4, -0.2) is 15.4 Å². The molecule has 0 aliphatic rings. The lowest BCUT2D eigenvalue weighted by Gasteiger charge is -2.07. The van der Waals surface area contributed by atoms with Gasteiger partial charge in [-0.05, 0) is 24.1 Å². The molecule has 0 aliphatic carbocycles. The molecule has 2 aromatic heterocycles. The quantitative estimate of drug-likeness (QED) is 0.504. The fraction of sp³-hybridized carbons (Fsp3) is 0.0952. The van der Waals surface area contributed by atoms with E-state index in [0.29, 0.717) is 16.2 Å². The molecule has 0 bridgehead atoms. The number of benzene rings is 2. The molecule has 0 aliphatic heterocycles. The molecule has 0 saturated heterocycles. The Hall–Kier alpha value is -3.25. The molecule has 4 aromatic rings. The highest BCUT2D eigenvalue weighted by atomic mass is 32.1. The van der Waals surface area contributed by atoms with Crippen molar-refractivity contribution in [1.82, 2.24) is 9.38 Å². The Balaban J connectivity index is 1.60. The average Bonchev–Trinajstić information content (AvgIpc) is 3.12. The number of fused-ring (bicyclic) bond motifs is 1. The number of ether oxygens (including phenoxy) is 1. The summed E-state index contributed by atoms with van der Waals surface area (Å²) < 4.78 is 6.92. The minimum atomic E-state index is -0.425. The molecule has 4 rings (SSSR count). The maximum Gasteiger partial charge on any atom is 0.338 e. The Kier molecular flexibility index (Phi) is 4.56. The summed E-state index contributed by atoms with van der Waals surface area (Å²) in [5.74, 6) is -0.425. The fourth-order valence-electron chi connectivity index (χ4n) is 2.87. The Morgan fingerprint density at radius 1 is 1.11 bits per heavy atom. The molecular weight excluding hydrogens is 360 g/mol. The number of esters is 1. The normalized spacial score (nSPS) is 10.9. The van der Waals surface area contributed by atoms with Gasteiger partial charge in [0.15, 0.2) is 4.96 Å². The maximum atomic E-state index is 12.6. The third kappa shape index (κ3) is 3.39. The van der Waals surface area contributed by atoms with Crippen LogP contribution in [0.15, 0.2) is 70.8 Å². The van der Waals surface area contributed by atoms with E-state index in [4.69, 9.17) is 4.74 Å². The lowest BCUT2D eigenvalue weighted by atomic mass is 10.1. The Labute approximate surface area is 159 Å². The van der Waals surface area contributed by atoms with Crippen LogP contribution in [0.2, 0.25) is 0 Å². The molecule has 5 nitrogen and oxygen atoms in total. The zero-order valence-corrected chi connectivity index (χ0v) is 15.4. The van der Waals surface area contributed by atoms with Crippen molar-refractivity contribution in [1.29, 1.82) is 0 Å². The minimum Gasteiger partial charge on any atom is -0.456 e. The van der Waals surface area contributed by atoms with Gasteiger partial charge in [-0.2, -0.15) is 0 Å². The Morgan fingerprint density at radius 3 is 2.63 bits per heavy atom. The van der Waals surface area contributed by atoms with Gasteiger partial charge in [-0.15, -0.1) is 11.3 Å². The summed E-state index contributed by atoms with van der Waals surface area (Å²) in [5.41, 5.74) is 3.35. The van der Waals surface area contributed by atoms with Gasteiger partial charge < -0.3 is 4.74 Å². The molecule has 2 aromatic carbocycles. The molecule has 6 heteroatoms. The predicted molar refractivity (Wildman–Crippen MR) is 105 cm³/mol. The zero-order valence-electron chi connectivity index (χ0n) is 14.6.